The summed E-state index contributed by atoms with van der Waals surface area (Å²) < 4.78 is 5.21. The molecule has 2 rings (SSSR count). The number of para-hydroxylation sites is 1. The molecule has 0 N–H and O–H groups in total. The number of likely N-dealkylation sites (N-methyl/N-ethyl adjacent to an activating group) is 1. The van der Waals surface area contributed by atoms with Crippen molar-refractivity contribution in [1.82, 2.24) is 9.80 Å². The molecule has 5 heteroatoms. The van der Waals surface area contributed by atoms with Gasteiger partial charge < -0.3 is 9.64 Å². The number of benzene rings is 1. The lowest BCUT2D eigenvalue weighted by Crippen LogP contribution is -2.45. The van der Waals surface area contributed by atoms with Crippen LogP contribution in [0.2, 0.25) is 0 Å². The number of ether oxygens (including phenoxy) is 1. The Morgan fingerprint density at radius 3 is 2.68 bits per heavy atom. The maximum Gasteiger partial charge on any atom is 0.416 e. The molecule has 2 amide bonds. The summed E-state index contributed by atoms with van der Waals surface area (Å²) in [6.45, 7) is 5.62. The van der Waals surface area contributed by atoms with Crippen LogP contribution in [-0.2, 0) is 11.3 Å². The lowest BCUT2D eigenvalue weighted by molar-refractivity contribution is -0.131. The smallest absolute Gasteiger partial charge is 0.410 e. The number of amides is 2. The molecule has 0 bridgehead atoms. The fraction of sp³-hybridized carbons (Fsp3) is 0.429. The van der Waals surface area contributed by atoms with Gasteiger partial charge in [-0.3, -0.25) is 9.69 Å². The van der Waals surface area contributed by atoms with Gasteiger partial charge in [0.2, 0.25) is 5.91 Å². The SMILES string of the molecule is CCN(CC)C(=O)CN1Cc2ccccc2OC1=O. The van der Waals surface area contributed by atoms with Gasteiger partial charge in [-0.2, -0.15) is 0 Å². The van der Waals surface area contributed by atoms with E-state index in [0.717, 1.165) is 5.56 Å². The summed E-state index contributed by atoms with van der Waals surface area (Å²) in [5.74, 6) is 0.528. The lowest BCUT2D eigenvalue weighted by atomic mass is 10.1. The van der Waals surface area contributed by atoms with Crippen LogP contribution in [0.3, 0.4) is 0 Å². The van der Waals surface area contributed by atoms with Crippen molar-refractivity contribution in [1.29, 1.82) is 0 Å². The molecule has 1 aliphatic heterocycles. The standard InChI is InChI=1S/C14H18N2O3/c1-3-15(4-2)13(17)10-16-9-11-7-5-6-8-12(11)19-14(16)18/h5-8H,3-4,9-10H2,1-2H3. The Hall–Kier alpha value is -2.04. The van der Waals surface area contributed by atoms with E-state index in [0.29, 0.717) is 25.4 Å². The molecule has 102 valence electrons. The van der Waals surface area contributed by atoms with Crippen LogP contribution in [0, 0.1) is 0 Å². The van der Waals surface area contributed by atoms with Gasteiger partial charge in [0.25, 0.3) is 0 Å². The second-order valence-corrected chi connectivity index (χ2v) is 4.40. The van der Waals surface area contributed by atoms with E-state index in [9.17, 15) is 9.59 Å². The molecule has 0 aliphatic carbocycles. The number of fused-ring (bicyclic) bond motifs is 1. The molecule has 0 spiro atoms. The fourth-order valence-corrected chi connectivity index (χ4v) is 2.12. The Kier molecular flexibility index (Phi) is 4.04. The fourth-order valence-electron chi connectivity index (χ4n) is 2.12. The molecule has 0 saturated carbocycles. The zero-order chi connectivity index (χ0) is 13.8. The van der Waals surface area contributed by atoms with Crippen LogP contribution in [0.1, 0.15) is 19.4 Å². The molecular weight excluding hydrogens is 244 g/mol. The molecule has 0 atom stereocenters. The molecule has 19 heavy (non-hydrogen) atoms. The van der Waals surface area contributed by atoms with E-state index in [1.54, 1.807) is 11.0 Å². The van der Waals surface area contributed by atoms with Crippen molar-refractivity contribution in [2.45, 2.75) is 20.4 Å². The minimum absolute atomic E-state index is 0.0543. The molecule has 1 aromatic carbocycles. The summed E-state index contributed by atoms with van der Waals surface area (Å²) in [7, 11) is 0. The van der Waals surface area contributed by atoms with Crippen molar-refractivity contribution < 1.29 is 14.3 Å². The third kappa shape index (κ3) is 2.86. The maximum absolute atomic E-state index is 12.0. The Labute approximate surface area is 112 Å². The first-order valence-corrected chi connectivity index (χ1v) is 6.48. The Morgan fingerprint density at radius 1 is 1.32 bits per heavy atom. The van der Waals surface area contributed by atoms with Crippen LogP contribution >= 0.6 is 0 Å². The number of hydrogen-bond acceptors (Lipinski definition) is 3. The van der Waals surface area contributed by atoms with E-state index < -0.39 is 6.09 Å². The molecule has 0 unspecified atom stereocenters. The summed E-state index contributed by atoms with van der Waals surface area (Å²) in [5, 5.41) is 0. The molecule has 0 fully saturated rings. The second kappa shape index (κ2) is 5.73. The molecule has 1 heterocycles. The van der Waals surface area contributed by atoms with Crippen LogP contribution in [-0.4, -0.2) is 41.4 Å². The Morgan fingerprint density at radius 2 is 2.00 bits per heavy atom. The van der Waals surface area contributed by atoms with Crippen molar-refractivity contribution in [2.24, 2.45) is 0 Å². The van der Waals surface area contributed by atoms with E-state index in [4.69, 9.17) is 4.74 Å². The number of rotatable bonds is 4. The van der Waals surface area contributed by atoms with Crippen molar-refractivity contribution in [3.63, 3.8) is 0 Å². The van der Waals surface area contributed by atoms with E-state index in [1.165, 1.54) is 4.90 Å². The minimum Gasteiger partial charge on any atom is -0.410 e. The maximum atomic E-state index is 12.0. The molecule has 0 radical (unpaired) electrons. The second-order valence-electron chi connectivity index (χ2n) is 4.40. The first kappa shape index (κ1) is 13.4. The first-order chi connectivity index (χ1) is 9.15. The number of carbonyl (C=O) groups is 2. The van der Waals surface area contributed by atoms with Gasteiger partial charge in [0.1, 0.15) is 12.3 Å². The van der Waals surface area contributed by atoms with Gasteiger partial charge in [-0.05, 0) is 19.9 Å². The molecule has 1 aliphatic rings. The molecule has 0 saturated heterocycles. The van der Waals surface area contributed by atoms with Crippen LogP contribution in [0.5, 0.6) is 5.75 Å². The summed E-state index contributed by atoms with van der Waals surface area (Å²) >= 11 is 0. The molecule has 5 nitrogen and oxygen atoms in total. The topological polar surface area (TPSA) is 49.9 Å². The zero-order valence-electron chi connectivity index (χ0n) is 11.3. The monoisotopic (exact) mass is 262 g/mol. The highest BCUT2D eigenvalue weighted by Gasteiger charge is 2.27. The highest BCUT2D eigenvalue weighted by Crippen LogP contribution is 2.25. The molecule has 0 aromatic heterocycles. The zero-order valence-corrected chi connectivity index (χ0v) is 11.3. The number of carbonyl (C=O) groups excluding carboxylic acids is 2. The highest BCUT2D eigenvalue weighted by atomic mass is 16.6. The van der Waals surface area contributed by atoms with E-state index in [-0.39, 0.29) is 12.5 Å². The third-order valence-electron chi connectivity index (χ3n) is 3.23. The number of nitrogens with zero attached hydrogens (tertiary/aromatic N) is 2. The summed E-state index contributed by atoms with van der Waals surface area (Å²) in [6, 6.07) is 7.37. The summed E-state index contributed by atoms with van der Waals surface area (Å²) in [4.78, 5) is 27.0. The quantitative estimate of drug-likeness (QED) is 0.832. The highest BCUT2D eigenvalue weighted by molar-refractivity contribution is 5.83. The predicted octanol–water partition coefficient (Wildman–Crippen LogP) is 1.87. The van der Waals surface area contributed by atoms with Crippen molar-refractivity contribution >= 4 is 12.0 Å². The largest absolute Gasteiger partial charge is 0.416 e. The summed E-state index contributed by atoms with van der Waals surface area (Å²) in [5.41, 5.74) is 0.925. The van der Waals surface area contributed by atoms with Crippen molar-refractivity contribution in [3.8, 4) is 5.75 Å². The molecular formula is C14H18N2O3. The van der Waals surface area contributed by atoms with E-state index in [2.05, 4.69) is 0 Å². The van der Waals surface area contributed by atoms with Gasteiger partial charge in [-0.25, -0.2) is 4.79 Å². The van der Waals surface area contributed by atoms with Crippen LogP contribution < -0.4 is 4.74 Å². The Bertz CT molecular complexity index is 483. The van der Waals surface area contributed by atoms with Gasteiger partial charge in [-0.1, -0.05) is 18.2 Å². The third-order valence-corrected chi connectivity index (χ3v) is 3.23. The number of hydrogen-bond donors (Lipinski definition) is 0. The predicted molar refractivity (Wildman–Crippen MR) is 70.8 cm³/mol. The average molecular weight is 262 g/mol. The van der Waals surface area contributed by atoms with Crippen molar-refractivity contribution in [2.75, 3.05) is 19.6 Å². The van der Waals surface area contributed by atoms with E-state index >= 15 is 0 Å². The van der Waals surface area contributed by atoms with Gasteiger partial charge in [0, 0.05) is 18.7 Å². The average Bonchev–Trinajstić information content (AvgIpc) is 2.41. The van der Waals surface area contributed by atoms with Crippen molar-refractivity contribution in [3.05, 3.63) is 29.8 Å². The van der Waals surface area contributed by atoms with Gasteiger partial charge in [0.15, 0.2) is 0 Å². The summed E-state index contributed by atoms with van der Waals surface area (Å²) in [6.07, 6.45) is -0.459. The Balaban J connectivity index is 2.07. The van der Waals surface area contributed by atoms with Gasteiger partial charge in [0.05, 0.1) is 6.54 Å². The lowest BCUT2D eigenvalue weighted by Gasteiger charge is -2.29. The van der Waals surface area contributed by atoms with Crippen LogP contribution in [0.15, 0.2) is 24.3 Å². The minimum atomic E-state index is -0.459. The van der Waals surface area contributed by atoms with Crippen LogP contribution in [0.4, 0.5) is 4.79 Å². The van der Waals surface area contributed by atoms with Crippen LogP contribution in [0.25, 0.3) is 0 Å². The van der Waals surface area contributed by atoms with Gasteiger partial charge in [-0.15, -0.1) is 0 Å². The first-order valence-electron chi connectivity index (χ1n) is 6.48. The normalized spacial score (nSPS) is 13.8. The van der Waals surface area contributed by atoms with E-state index in [1.807, 2.05) is 32.0 Å². The van der Waals surface area contributed by atoms with Gasteiger partial charge >= 0.3 is 6.09 Å². The molecule has 1 aromatic rings.